The smallest absolute Gasteiger partial charge is 0.215 e. The van der Waals surface area contributed by atoms with Crippen molar-refractivity contribution in [2.24, 2.45) is 0 Å². The van der Waals surface area contributed by atoms with Crippen molar-refractivity contribution in [1.29, 1.82) is 0 Å². The van der Waals surface area contributed by atoms with E-state index in [1.165, 1.54) is 4.31 Å². The fraction of sp³-hybridized carbons (Fsp3) is 0.571. The van der Waals surface area contributed by atoms with Gasteiger partial charge in [-0.25, -0.2) is 21.6 Å². The van der Waals surface area contributed by atoms with Crippen LogP contribution in [0, 0.1) is 0 Å². The molecule has 1 aliphatic heterocycles. The minimum Gasteiger partial charge on any atom is -0.497 e. The summed E-state index contributed by atoms with van der Waals surface area (Å²) < 4.78 is 55.3. The van der Waals surface area contributed by atoms with Crippen molar-refractivity contribution in [2.75, 3.05) is 56.7 Å². The third-order valence-corrected chi connectivity index (χ3v) is 6.39. The third-order valence-electron chi connectivity index (χ3n) is 3.79. The Labute approximate surface area is 143 Å². The van der Waals surface area contributed by atoms with Crippen LogP contribution in [0.3, 0.4) is 0 Å². The van der Waals surface area contributed by atoms with Gasteiger partial charge < -0.3 is 9.64 Å². The molecule has 136 valence electrons. The molecule has 0 radical (unpaired) electrons. The Bertz CT molecular complexity index is 739. The number of nitrogens with one attached hydrogen (secondary N) is 1. The van der Waals surface area contributed by atoms with E-state index in [0.29, 0.717) is 26.2 Å². The van der Waals surface area contributed by atoms with Gasteiger partial charge >= 0.3 is 0 Å². The molecule has 0 spiro atoms. The minimum atomic E-state index is -3.46. The summed E-state index contributed by atoms with van der Waals surface area (Å²) in [7, 11) is -5.23. The summed E-state index contributed by atoms with van der Waals surface area (Å²) in [5.41, 5.74) is 1.02. The largest absolute Gasteiger partial charge is 0.497 e. The van der Waals surface area contributed by atoms with E-state index in [2.05, 4.69) is 9.62 Å². The molecule has 0 unspecified atom stereocenters. The monoisotopic (exact) mass is 377 g/mol. The highest BCUT2D eigenvalue weighted by Gasteiger charge is 2.26. The summed E-state index contributed by atoms with van der Waals surface area (Å²) in [6.45, 7) is 1.83. The van der Waals surface area contributed by atoms with Crippen molar-refractivity contribution in [3.05, 3.63) is 24.3 Å². The van der Waals surface area contributed by atoms with Gasteiger partial charge in [0.1, 0.15) is 5.75 Å². The summed E-state index contributed by atoms with van der Waals surface area (Å²) in [6.07, 6.45) is 1.01. The van der Waals surface area contributed by atoms with Gasteiger partial charge in [0.25, 0.3) is 0 Å². The van der Waals surface area contributed by atoms with Crippen LogP contribution in [0.2, 0.25) is 0 Å². The zero-order chi connectivity index (χ0) is 17.8. The van der Waals surface area contributed by atoms with Crippen LogP contribution in [0.5, 0.6) is 5.75 Å². The van der Waals surface area contributed by atoms with Crippen LogP contribution in [0.25, 0.3) is 0 Å². The zero-order valence-corrected chi connectivity index (χ0v) is 15.4. The highest BCUT2D eigenvalue weighted by Crippen LogP contribution is 2.21. The molecular weight excluding hydrogens is 354 g/mol. The average molecular weight is 377 g/mol. The Morgan fingerprint density at radius 1 is 1.04 bits per heavy atom. The van der Waals surface area contributed by atoms with Crippen molar-refractivity contribution < 1.29 is 21.6 Å². The lowest BCUT2D eigenvalue weighted by molar-refractivity contribution is 0.384. The van der Waals surface area contributed by atoms with Crippen LogP contribution in [0.4, 0.5) is 5.69 Å². The number of ether oxygens (including phenoxy) is 1. The van der Waals surface area contributed by atoms with Crippen LogP contribution >= 0.6 is 0 Å². The predicted molar refractivity (Wildman–Crippen MR) is 93.4 cm³/mol. The molecule has 0 amide bonds. The van der Waals surface area contributed by atoms with Crippen molar-refractivity contribution in [2.45, 2.75) is 0 Å². The van der Waals surface area contributed by atoms with Gasteiger partial charge in [0, 0.05) is 38.4 Å². The van der Waals surface area contributed by atoms with Crippen molar-refractivity contribution in [1.82, 2.24) is 9.03 Å². The lowest BCUT2D eigenvalue weighted by Crippen LogP contribution is -2.50. The van der Waals surface area contributed by atoms with E-state index in [1.807, 2.05) is 24.3 Å². The van der Waals surface area contributed by atoms with E-state index in [9.17, 15) is 16.8 Å². The Balaban J connectivity index is 1.88. The first kappa shape index (κ1) is 19.0. The fourth-order valence-electron chi connectivity index (χ4n) is 2.50. The first-order valence-electron chi connectivity index (χ1n) is 7.53. The molecule has 0 saturated carbocycles. The van der Waals surface area contributed by atoms with E-state index in [1.54, 1.807) is 7.11 Å². The Morgan fingerprint density at radius 3 is 2.12 bits per heavy atom. The van der Waals surface area contributed by atoms with Gasteiger partial charge in [0.15, 0.2) is 0 Å². The molecule has 0 bridgehead atoms. The number of rotatable bonds is 7. The number of hydrogen-bond donors (Lipinski definition) is 1. The summed E-state index contributed by atoms with van der Waals surface area (Å²) in [5, 5.41) is 0. The first-order valence-corrected chi connectivity index (χ1v) is 11.0. The van der Waals surface area contributed by atoms with Crippen molar-refractivity contribution in [3.8, 4) is 5.75 Å². The Hall–Kier alpha value is -1.36. The van der Waals surface area contributed by atoms with Crippen LogP contribution in [-0.4, -0.2) is 73.0 Å². The highest BCUT2D eigenvalue weighted by atomic mass is 32.2. The van der Waals surface area contributed by atoms with E-state index in [4.69, 9.17) is 4.74 Å². The van der Waals surface area contributed by atoms with Gasteiger partial charge in [-0.3, -0.25) is 0 Å². The van der Waals surface area contributed by atoms with Crippen LogP contribution in [0.1, 0.15) is 0 Å². The van der Waals surface area contributed by atoms with Gasteiger partial charge in [0.05, 0.1) is 19.1 Å². The highest BCUT2D eigenvalue weighted by molar-refractivity contribution is 7.89. The Kier molecular flexibility index (Phi) is 6.07. The number of benzene rings is 1. The molecule has 24 heavy (non-hydrogen) atoms. The van der Waals surface area contributed by atoms with Gasteiger partial charge in [-0.05, 0) is 24.3 Å². The lowest BCUT2D eigenvalue weighted by Gasteiger charge is -2.35. The van der Waals surface area contributed by atoms with Crippen LogP contribution in [0.15, 0.2) is 24.3 Å². The SMILES string of the molecule is COc1ccc(N2CCN(S(=O)(=O)CCNS(C)(=O)=O)CC2)cc1. The van der Waals surface area contributed by atoms with Gasteiger partial charge in [0.2, 0.25) is 20.0 Å². The summed E-state index contributed by atoms with van der Waals surface area (Å²) in [6, 6.07) is 7.63. The standard InChI is InChI=1S/C14H23N3O5S2/c1-22-14-5-3-13(4-6-14)16-8-10-17(11-9-16)24(20,21)12-7-15-23(2,18)19/h3-6,15H,7-12H2,1-2H3. The zero-order valence-electron chi connectivity index (χ0n) is 13.8. The fourth-order valence-corrected chi connectivity index (χ4v) is 4.44. The van der Waals surface area contributed by atoms with Crippen LogP contribution in [-0.2, 0) is 20.0 Å². The molecule has 1 aromatic rings. The molecule has 1 saturated heterocycles. The maximum atomic E-state index is 12.3. The summed E-state index contributed by atoms with van der Waals surface area (Å²) >= 11 is 0. The number of methoxy groups -OCH3 is 1. The summed E-state index contributed by atoms with van der Waals surface area (Å²) in [5.74, 6) is 0.543. The van der Waals surface area contributed by atoms with E-state index < -0.39 is 20.0 Å². The number of sulfonamides is 2. The van der Waals surface area contributed by atoms with Gasteiger partial charge in [-0.15, -0.1) is 0 Å². The molecule has 1 aromatic carbocycles. The molecule has 2 rings (SSSR count). The normalized spacial score (nSPS) is 17.0. The predicted octanol–water partition coefficient (Wildman–Crippen LogP) is -0.304. The number of anilines is 1. The number of nitrogens with zero attached hydrogens (tertiary/aromatic N) is 2. The summed E-state index contributed by atoms with van der Waals surface area (Å²) in [4.78, 5) is 2.11. The van der Waals surface area contributed by atoms with Gasteiger partial charge in [-0.2, -0.15) is 4.31 Å². The molecule has 1 heterocycles. The topological polar surface area (TPSA) is 96.0 Å². The molecule has 1 fully saturated rings. The van der Waals surface area contributed by atoms with E-state index >= 15 is 0 Å². The van der Waals surface area contributed by atoms with Gasteiger partial charge in [-0.1, -0.05) is 0 Å². The third kappa shape index (κ3) is 5.33. The quantitative estimate of drug-likeness (QED) is 0.701. The molecule has 1 aliphatic rings. The average Bonchev–Trinajstić information content (AvgIpc) is 2.54. The van der Waals surface area contributed by atoms with Crippen molar-refractivity contribution >= 4 is 25.7 Å². The number of hydrogen-bond acceptors (Lipinski definition) is 6. The van der Waals surface area contributed by atoms with E-state index in [-0.39, 0.29) is 12.3 Å². The maximum Gasteiger partial charge on any atom is 0.215 e. The molecule has 0 aromatic heterocycles. The molecule has 8 nitrogen and oxygen atoms in total. The van der Waals surface area contributed by atoms with Crippen molar-refractivity contribution in [3.63, 3.8) is 0 Å². The maximum absolute atomic E-state index is 12.3. The minimum absolute atomic E-state index is 0.111. The molecule has 1 N–H and O–H groups in total. The lowest BCUT2D eigenvalue weighted by atomic mass is 10.2. The van der Waals surface area contributed by atoms with E-state index in [0.717, 1.165) is 17.7 Å². The second-order valence-corrected chi connectivity index (χ2v) is 9.49. The first-order chi connectivity index (χ1) is 11.2. The molecule has 0 aliphatic carbocycles. The number of piperazine rings is 1. The Morgan fingerprint density at radius 2 is 1.62 bits per heavy atom. The second kappa shape index (κ2) is 7.68. The second-order valence-electron chi connectivity index (χ2n) is 5.57. The van der Waals surface area contributed by atoms with Crippen LogP contribution < -0.4 is 14.4 Å². The molecule has 0 atom stereocenters. The molecular formula is C14H23N3O5S2. The molecule has 10 heteroatoms.